The molecule has 0 aliphatic rings. The number of fused-ring (bicyclic) bond motifs is 1. The Balaban J connectivity index is 2.24. The largest absolute Gasteiger partial charge is 0.310 e. The second-order valence-corrected chi connectivity index (χ2v) is 4.78. The highest BCUT2D eigenvalue weighted by Gasteiger charge is 2.08. The van der Waals surface area contributed by atoms with Gasteiger partial charge in [0.25, 0.3) is 0 Å². The molecule has 2 aromatic rings. The summed E-state index contributed by atoms with van der Waals surface area (Å²) in [6.07, 6.45) is 0. The molecule has 92 valence electrons. The molecule has 0 radical (unpaired) electrons. The Morgan fingerprint density at radius 3 is 2.76 bits per heavy atom. The first kappa shape index (κ1) is 12.0. The summed E-state index contributed by atoms with van der Waals surface area (Å²) in [6.45, 7) is 10.0. The van der Waals surface area contributed by atoms with E-state index >= 15 is 0 Å². The summed E-state index contributed by atoms with van der Waals surface area (Å²) in [7, 11) is 0. The fraction of sp³-hybridized carbons (Fsp3) is 0.583. The standard InChI is InChI=1S/C12H19N5/c1-8(2)6-13-7-12-16-15-11-5-9(3)14-10(4)17(11)12/h5,8,13H,6-7H2,1-4H3. The molecule has 0 unspecified atom stereocenters. The first-order valence-electron chi connectivity index (χ1n) is 5.97. The molecule has 0 saturated heterocycles. The van der Waals surface area contributed by atoms with E-state index in [0.717, 1.165) is 36.1 Å². The van der Waals surface area contributed by atoms with Gasteiger partial charge in [-0.1, -0.05) is 13.8 Å². The van der Waals surface area contributed by atoms with Crippen molar-refractivity contribution >= 4 is 5.65 Å². The van der Waals surface area contributed by atoms with Crippen LogP contribution in [0.5, 0.6) is 0 Å². The van der Waals surface area contributed by atoms with Gasteiger partial charge in [-0.15, -0.1) is 10.2 Å². The third-order valence-corrected chi connectivity index (χ3v) is 2.59. The maximum atomic E-state index is 4.43. The van der Waals surface area contributed by atoms with Crippen molar-refractivity contribution in [2.24, 2.45) is 5.92 Å². The van der Waals surface area contributed by atoms with E-state index in [2.05, 4.69) is 34.3 Å². The van der Waals surface area contributed by atoms with E-state index in [-0.39, 0.29) is 0 Å². The summed E-state index contributed by atoms with van der Waals surface area (Å²) in [6, 6.07) is 1.95. The number of nitrogens with one attached hydrogen (secondary N) is 1. The van der Waals surface area contributed by atoms with Crippen LogP contribution in [-0.2, 0) is 6.54 Å². The van der Waals surface area contributed by atoms with Crippen molar-refractivity contribution in [2.45, 2.75) is 34.2 Å². The molecule has 2 rings (SSSR count). The van der Waals surface area contributed by atoms with E-state index < -0.39 is 0 Å². The topological polar surface area (TPSA) is 55.1 Å². The van der Waals surface area contributed by atoms with Crippen LogP contribution in [0, 0.1) is 19.8 Å². The van der Waals surface area contributed by atoms with E-state index in [1.807, 2.05) is 24.3 Å². The number of hydrogen-bond acceptors (Lipinski definition) is 4. The number of rotatable bonds is 4. The summed E-state index contributed by atoms with van der Waals surface area (Å²) in [5.41, 5.74) is 1.85. The lowest BCUT2D eigenvalue weighted by molar-refractivity contribution is 0.540. The van der Waals surface area contributed by atoms with Crippen LogP contribution < -0.4 is 5.32 Å². The smallest absolute Gasteiger partial charge is 0.164 e. The van der Waals surface area contributed by atoms with Gasteiger partial charge < -0.3 is 5.32 Å². The fourth-order valence-electron chi connectivity index (χ4n) is 1.89. The maximum absolute atomic E-state index is 4.43. The summed E-state index contributed by atoms with van der Waals surface area (Å²) in [5, 5.41) is 11.7. The summed E-state index contributed by atoms with van der Waals surface area (Å²) in [5.74, 6) is 2.49. The zero-order valence-electron chi connectivity index (χ0n) is 10.9. The van der Waals surface area contributed by atoms with Crippen LogP contribution in [0.25, 0.3) is 5.65 Å². The van der Waals surface area contributed by atoms with Gasteiger partial charge in [-0.25, -0.2) is 4.98 Å². The molecule has 0 aliphatic heterocycles. The minimum Gasteiger partial charge on any atom is -0.310 e. The number of aryl methyl sites for hydroxylation is 2. The number of aromatic nitrogens is 4. The van der Waals surface area contributed by atoms with Gasteiger partial charge in [-0.05, 0) is 26.3 Å². The van der Waals surface area contributed by atoms with E-state index in [1.54, 1.807) is 0 Å². The van der Waals surface area contributed by atoms with Gasteiger partial charge in [0.1, 0.15) is 5.82 Å². The van der Waals surface area contributed by atoms with Crippen molar-refractivity contribution in [3.63, 3.8) is 0 Å². The molecule has 5 nitrogen and oxygen atoms in total. The molecule has 0 aromatic carbocycles. The Hall–Kier alpha value is -1.49. The Morgan fingerprint density at radius 2 is 2.06 bits per heavy atom. The summed E-state index contributed by atoms with van der Waals surface area (Å²) < 4.78 is 2.00. The minimum atomic E-state index is 0.635. The van der Waals surface area contributed by atoms with Gasteiger partial charge in [0, 0.05) is 11.8 Å². The first-order valence-corrected chi connectivity index (χ1v) is 5.97. The van der Waals surface area contributed by atoms with Crippen molar-refractivity contribution < 1.29 is 0 Å². The van der Waals surface area contributed by atoms with Crippen LogP contribution in [0.15, 0.2) is 6.07 Å². The van der Waals surface area contributed by atoms with Gasteiger partial charge in [0.05, 0.1) is 6.54 Å². The number of hydrogen-bond donors (Lipinski definition) is 1. The van der Waals surface area contributed by atoms with Crippen molar-refractivity contribution in [2.75, 3.05) is 6.54 Å². The fourth-order valence-corrected chi connectivity index (χ4v) is 1.89. The Morgan fingerprint density at radius 1 is 1.29 bits per heavy atom. The second kappa shape index (κ2) is 4.79. The highest BCUT2D eigenvalue weighted by atomic mass is 15.3. The minimum absolute atomic E-state index is 0.635. The average molecular weight is 233 g/mol. The van der Waals surface area contributed by atoms with Crippen LogP contribution in [0.1, 0.15) is 31.2 Å². The molecule has 0 aliphatic carbocycles. The molecule has 2 aromatic heterocycles. The molecule has 17 heavy (non-hydrogen) atoms. The summed E-state index contributed by atoms with van der Waals surface area (Å²) >= 11 is 0. The SMILES string of the molecule is Cc1cc2nnc(CNCC(C)C)n2c(C)n1. The van der Waals surface area contributed by atoms with Crippen molar-refractivity contribution in [1.82, 2.24) is 24.9 Å². The molecule has 5 heteroatoms. The maximum Gasteiger partial charge on any atom is 0.164 e. The Labute approximate surface area is 101 Å². The quantitative estimate of drug-likeness (QED) is 0.869. The molecule has 0 spiro atoms. The number of nitrogens with zero attached hydrogens (tertiary/aromatic N) is 4. The van der Waals surface area contributed by atoms with E-state index in [1.165, 1.54) is 0 Å². The van der Waals surface area contributed by atoms with Gasteiger partial charge in [-0.3, -0.25) is 4.40 Å². The Kier molecular flexibility index (Phi) is 3.38. The van der Waals surface area contributed by atoms with Crippen molar-refractivity contribution in [3.8, 4) is 0 Å². The Bertz CT molecular complexity index is 515. The van der Waals surface area contributed by atoms with Crippen LogP contribution in [0.3, 0.4) is 0 Å². The molecule has 0 bridgehead atoms. The summed E-state index contributed by atoms with van der Waals surface area (Å²) in [4.78, 5) is 4.43. The molecule has 2 heterocycles. The van der Waals surface area contributed by atoms with E-state index in [0.29, 0.717) is 5.92 Å². The van der Waals surface area contributed by atoms with Crippen molar-refractivity contribution in [3.05, 3.63) is 23.4 Å². The van der Waals surface area contributed by atoms with Crippen molar-refractivity contribution in [1.29, 1.82) is 0 Å². The molecular formula is C12H19N5. The zero-order chi connectivity index (χ0) is 12.4. The second-order valence-electron chi connectivity index (χ2n) is 4.78. The van der Waals surface area contributed by atoms with Crippen LogP contribution in [0.4, 0.5) is 0 Å². The lowest BCUT2D eigenvalue weighted by Gasteiger charge is -2.07. The third-order valence-electron chi connectivity index (χ3n) is 2.59. The zero-order valence-corrected chi connectivity index (χ0v) is 10.9. The lowest BCUT2D eigenvalue weighted by Crippen LogP contribution is -2.20. The lowest BCUT2D eigenvalue weighted by atomic mass is 10.2. The predicted molar refractivity (Wildman–Crippen MR) is 66.8 cm³/mol. The molecule has 1 N–H and O–H groups in total. The van der Waals surface area contributed by atoms with Gasteiger partial charge in [0.2, 0.25) is 0 Å². The predicted octanol–water partition coefficient (Wildman–Crippen LogP) is 1.49. The molecular weight excluding hydrogens is 214 g/mol. The normalized spacial score (nSPS) is 11.6. The highest BCUT2D eigenvalue weighted by molar-refractivity contribution is 5.39. The van der Waals surface area contributed by atoms with Gasteiger partial charge in [-0.2, -0.15) is 0 Å². The third kappa shape index (κ3) is 2.61. The monoisotopic (exact) mass is 233 g/mol. The van der Waals surface area contributed by atoms with E-state index in [9.17, 15) is 0 Å². The molecule has 0 amide bonds. The van der Waals surface area contributed by atoms with Gasteiger partial charge in [0.15, 0.2) is 11.5 Å². The molecule has 0 atom stereocenters. The average Bonchev–Trinajstić information content (AvgIpc) is 2.60. The molecule has 0 fully saturated rings. The first-order chi connectivity index (χ1) is 8.08. The molecule has 0 saturated carbocycles. The van der Waals surface area contributed by atoms with Crippen LogP contribution >= 0.6 is 0 Å². The van der Waals surface area contributed by atoms with Crippen LogP contribution in [0.2, 0.25) is 0 Å². The highest BCUT2D eigenvalue weighted by Crippen LogP contribution is 2.08. The van der Waals surface area contributed by atoms with Gasteiger partial charge >= 0.3 is 0 Å². The van der Waals surface area contributed by atoms with Crippen LogP contribution in [-0.4, -0.2) is 26.1 Å². The van der Waals surface area contributed by atoms with E-state index in [4.69, 9.17) is 0 Å².